The van der Waals surface area contributed by atoms with Crippen LogP contribution in [0, 0.1) is 0 Å². The van der Waals surface area contributed by atoms with Crippen molar-refractivity contribution < 1.29 is 17.7 Å². The van der Waals surface area contributed by atoms with E-state index in [1.54, 1.807) is 19.0 Å². The number of rotatable bonds is 4. The average molecular weight is 383 g/mol. The first kappa shape index (κ1) is 20.7. The van der Waals surface area contributed by atoms with E-state index in [1.165, 1.54) is 12.1 Å². The minimum Gasteiger partial charge on any atom is -0.349 e. The Morgan fingerprint density at radius 2 is 1.81 bits per heavy atom. The predicted molar refractivity (Wildman–Crippen MR) is 96.1 cm³/mol. The average Bonchev–Trinajstić information content (AvgIpc) is 3.04. The van der Waals surface area contributed by atoms with Crippen molar-refractivity contribution in [3.05, 3.63) is 47.1 Å². The van der Waals surface area contributed by atoms with Crippen LogP contribution < -0.4 is 5.32 Å². The molecular formula is C18H24F3N5O. The molecule has 0 aliphatic rings. The maximum atomic E-state index is 12.6. The lowest BCUT2D eigenvalue weighted by Gasteiger charge is -2.22. The normalized spacial score (nSPS) is 13.0. The Morgan fingerprint density at radius 3 is 2.30 bits per heavy atom. The summed E-state index contributed by atoms with van der Waals surface area (Å²) in [5, 5.41) is 7.05. The minimum atomic E-state index is -4.33. The van der Waals surface area contributed by atoms with Gasteiger partial charge in [0.2, 0.25) is 5.89 Å². The molecule has 0 aliphatic heterocycles. The summed E-state index contributed by atoms with van der Waals surface area (Å²) in [5.41, 5.74) is -0.155. The van der Waals surface area contributed by atoms with Crippen LogP contribution in [0.2, 0.25) is 0 Å². The summed E-state index contributed by atoms with van der Waals surface area (Å²) >= 11 is 0. The Morgan fingerprint density at radius 1 is 1.19 bits per heavy atom. The molecule has 1 aromatic carbocycles. The molecule has 0 bridgehead atoms. The van der Waals surface area contributed by atoms with Crippen LogP contribution in [0.25, 0.3) is 0 Å². The maximum Gasteiger partial charge on any atom is 0.416 e. The number of hydrogen-bond acceptors (Lipinski definition) is 4. The van der Waals surface area contributed by atoms with Gasteiger partial charge in [-0.05, 0) is 17.7 Å². The molecule has 0 amide bonds. The molecule has 0 fully saturated rings. The van der Waals surface area contributed by atoms with Crippen LogP contribution in [0.15, 0.2) is 33.8 Å². The van der Waals surface area contributed by atoms with Gasteiger partial charge in [0.15, 0.2) is 11.8 Å². The van der Waals surface area contributed by atoms with E-state index in [9.17, 15) is 13.2 Å². The first-order valence-corrected chi connectivity index (χ1v) is 8.41. The Bertz CT molecular complexity index is 776. The van der Waals surface area contributed by atoms with Crippen molar-refractivity contribution >= 4 is 5.96 Å². The molecule has 9 heteroatoms. The molecule has 2 rings (SSSR count). The van der Waals surface area contributed by atoms with Crippen LogP contribution in [0.4, 0.5) is 13.2 Å². The lowest BCUT2D eigenvalue weighted by molar-refractivity contribution is -0.137. The smallest absolute Gasteiger partial charge is 0.349 e. The molecule has 2 aromatic rings. The Kier molecular flexibility index (Phi) is 6.12. The van der Waals surface area contributed by atoms with E-state index in [2.05, 4.69) is 20.4 Å². The summed E-state index contributed by atoms with van der Waals surface area (Å²) in [6.07, 6.45) is -4.33. The molecule has 148 valence electrons. The van der Waals surface area contributed by atoms with Gasteiger partial charge in [-0.3, -0.25) is 4.99 Å². The molecule has 0 aliphatic carbocycles. The van der Waals surface area contributed by atoms with Crippen LogP contribution in [0.3, 0.4) is 0 Å². The van der Waals surface area contributed by atoms with Gasteiger partial charge in [-0.2, -0.15) is 18.2 Å². The third-order valence-corrected chi connectivity index (χ3v) is 3.79. The second-order valence-electron chi connectivity index (χ2n) is 7.22. The van der Waals surface area contributed by atoms with E-state index in [1.807, 2.05) is 20.8 Å². The summed E-state index contributed by atoms with van der Waals surface area (Å²) < 4.78 is 43.2. The number of halogens is 3. The van der Waals surface area contributed by atoms with Gasteiger partial charge >= 0.3 is 6.18 Å². The fourth-order valence-electron chi connectivity index (χ4n) is 2.32. The number of nitrogens with one attached hydrogen (secondary N) is 1. The first-order valence-electron chi connectivity index (χ1n) is 8.41. The van der Waals surface area contributed by atoms with E-state index < -0.39 is 11.7 Å². The third kappa shape index (κ3) is 5.70. The van der Waals surface area contributed by atoms with Gasteiger partial charge < -0.3 is 14.7 Å². The van der Waals surface area contributed by atoms with Crippen molar-refractivity contribution in [1.29, 1.82) is 0 Å². The standard InChI is InChI=1S/C18H24F3N5O/c1-17(2,3)15-24-14(25-27-15)10-23-16(22-4)26(5)11-12-6-8-13(9-7-12)18(19,20)21/h6-9H,10-11H2,1-5H3,(H,22,23). The largest absolute Gasteiger partial charge is 0.416 e. The van der Waals surface area contributed by atoms with E-state index in [-0.39, 0.29) is 5.41 Å². The van der Waals surface area contributed by atoms with Crippen molar-refractivity contribution in [2.75, 3.05) is 14.1 Å². The summed E-state index contributed by atoms with van der Waals surface area (Å²) in [6.45, 7) is 6.67. The molecule has 0 saturated carbocycles. The van der Waals surface area contributed by atoms with Crippen molar-refractivity contribution in [1.82, 2.24) is 20.4 Å². The topological polar surface area (TPSA) is 66.5 Å². The molecule has 1 aromatic heterocycles. The van der Waals surface area contributed by atoms with E-state index in [4.69, 9.17) is 4.52 Å². The zero-order valence-corrected chi connectivity index (χ0v) is 16.1. The summed E-state index contributed by atoms with van der Waals surface area (Å²) in [7, 11) is 3.42. The van der Waals surface area contributed by atoms with Gasteiger partial charge in [0.1, 0.15) is 0 Å². The zero-order valence-electron chi connectivity index (χ0n) is 16.1. The second kappa shape index (κ2) is 7.98. The number of aliphatic imine (C=N–C) groups is 1. The SMILES string of the molecule is CN=C(NCc1noc(C(C)(C)C)n1)N(C)Cc1ccc(C(F)(F)F)cc1. The predicted octanol–water partition coefficient (Wildman–Crippen LogP) is 3.59. The monoisotopic (exact) mass is 383 g/mol. The van der Waals surface area contributed by atoms with E-state index in [0.29, 0.717) is 30.8 Å². The van der Waals surface area contributed by atoms with Gasteiger partial charge in [0, 0.05) is 26.1 Å². The fraction of sp³-hybridized carbons (Fsp3) is 0.500. The van der Waals surface area contributed by atoms with Crippen LogP contribution in [-0.4, -0.2) is 35.1 Å². The Balaban J connectivity index is 1.96. The lowest BCUT2D eigenvalue weighted by Crippen LogP contribution is -2.38. The van der Waals surface area contributed by atoms with E-state index in [0.717, 1.165) is 17.7 Å². The highest BCUT2D eigenvalue weighted by atomic mass is 19.4. The van der Waals surface area contributed by atoms with Crippen molar-refractivity contribution in [3.8, 4) is 0 Å². The quantitative estimate of drug-likeness (QED) is 0.646. The van der Waals surface area contributed by atoms with Crippen LogP contribution in [-0.2, 0) is 24.7 Å². The van der Waals surface area contributed by atoms with Crippen LogP contribution in [0.5, 0.6) is 0 Å². The highest BCUT2D eigenvalue weighted by Crippen LogP contribution is 2.29. The number of nitrogens with zero attached hydrogens (tertiary/aromatic N) is 4. The highest BCUT2D eigenvalue weighted by Gasteiger charge is 2.30. The molecular weight excluding hydrogens is 359 g/mol. The van der Waals surface area contributed by atoms with Crippen molar-refractivity contribution in [3.63, 3.8) is 0 Å². The second-order valence-corrected chi connectivity index (χ2v) is 7.22. The molecule has 0 radical (unpaired) electrons. The number of hydrogen-bond donors (Lipinski definition) is 1. The van der Waals surface area contributed by atoms with Crippen LogP contribution >= 0.6 is 0 Å². The molecule has 0 spiro atoms. The number of benzene rings is 1. The minimum absolute atomic E-state index is 0.230. The van der Waals surface area contributed by atoms with Gasteiger partial charge in [-0.25, -0.2) is 0 Å². The molecule has 1 heterocycles. The molecule has 0 unspecified atom stereocenters. The summed E-state index contributed by atoms with van der Waals surface area (Å²) in [4.78, 5) is 10.3. The zero-order chi connectivity index (χ0) is 20.2. The maximum absolute atomic E-state index is 12.6. The van der Waals surface area contributed by atoms with Gasteiger partial charge in [0.05, 0.1) is 12.1 Å². The number of alkyl halides is 3. The molecule has 0 atom stereocenters. The van der Waals surface area contributed by atoms with E-state index >= 15 is 0 Å². The summed E-state index contributed by atoms with van der Waals surface area (Å²) in [6, 6.07) is 5.07. The van der Waals surface area contributed by atoms with Gasteiger partial charge in [-0.1, -0.05) is 38.1 Å². The Hall–Kier alpha value is -2.58. The molecule has 1 N–H and O–H groups in total. The third-order valence-electron chi connectivity index (χ3n) is 3.79. The molecule has 27 heavy (non-hydrogen) atoms. The van der Waals surface area contributed by atoms with Crippen molar-refractivity contribution in [2.45, 2.75) is 45.5 Å². The highest BCUT2D eigenvalue weighted by molar-refractivity contribution is 5.79. The van der Waals surface area contributed by atoms with Gasteiger partial charge in [0.25, 0.3) is 0 Å². The summed E-state index contributed by atoms with van der Waals surface area (Å²) in [5.74, 6) is 1.62. The number of guanidine groups is 1. The number of aromatic nitrogens is 2. The Labute approximate surface area is 156 Å². The van der Waals surface area contributed by atoms with Crippen molar-refractivity contribution in [2.24, 2.45) is 4.99 Å². The first-order chi connectivity index (χ1) is 12.5. The molecule has 0 saturated heterocycles. The molecule has 6 nitrogen and oxygen atoms in total. The fourth-order valence-corrected chi connectivity index (χ4v) is 2.32. The lowest BCUT2D eigenvalue weighted by atomic mass is 9.97. The van der Waals surface area contributed by atoms with Gasteiger partial charge in [-0.15, -0.1) is 0 Å². The van der Waals surface area contributed by atoms with Crippen LogP contribution in [0.1, 0.15) is 43.6 Å².